The Labute approximate surface area is 365 Å². The van der Waals surface area contributed by atoms with Gasteiger partial charge in [-0.25, -0.2) is 27.8 Å². The predicted molar refractivity (Wildman–Crippen MR) is 232 cm³/mol. The Balaban J connectivity index is 1.43. The topological polar surface area (TPSA) is 157 Å². The van der Waals surface area contributed by atoms with Crippen molar-refractivity contribution in [2.75, 3.05) is 44.3 Å². The smallest absolute Gasteiger partial charge is 0.429 e. The second-order valence-corrected chi connectivity index (χ2v) is 17.8. The van der Waals surface area contributed by atoms with Gasteiger partial charge in [0.05, 0.1) is 17.6 Å². The number of aromatic nitrogens is 3. The molecule has 4 aromatic rings. The van der Waals surface area contributed by atoms with Crippen molar-refractivity contribution in [3.05, 3.63) is 47.7 Å². The van der Waals surface area contributed by atoms with Crippen LogP contribution in [0.25, 0.3) is 32.9 Å². The first kappa shape index (κ1) is 46.6. The van der Waals surface area contributed by atoms with Crippen molar-refractivity contribution in [3.8, 4) is 35.4 Å². The number of halogens is 3. The monoisotopic (exact) mass is 875 g/mol. The van der Waals surface area contributed by atoms with Crippen molar-refractivity contribution < 1.29 is 46.5 Å². The molecule has 2 aromatic carbocycles. The fourth-order valence-electron chi connectivity index (χ4n) is 7.58. The first-order valence-electron chi connectivity index (χ1n) is 21.4. The molecule has 0 spiro atoms. The molecule has 0 radical (unpaired) electrons. The summed E-state index contributed by atoms with van der Waals surface area (Å²) in [5.41, 5.74) is -2.18. The third kappa shape index (κ3) is 12.2. The van der Waals surface area contributed by atoms with Gasteiger partial charge in [-0.1, -0.05) is 12.0 Å². The highest BCUT2D eigenvalue weighted by atomic mass is 19.1. The fourth-order valence-corrected chi connectivity index (χ4v) is 7.58. The molecule has 2 fully saturated rings. The van der Waals surface area contributed by atoms with Gasteiger partial charge < -0.3 is 29.6 Å². The minimum absolute atomic E-state index is 0.00280. The Morgan fingerprint density at radius 3 is 2.51 bits per heavy atom. The van der Waals surface area contributed by atoms with E-state index < -0.39 is 47.2 Å². The molecule has 14 nitrogen and oxygen atoms in total. The van der Waals surface area contributed by atoms with E-state index in [-0.39, 0.29) is 102 Å². The maximum Gasteiger partial charge on any atom is 0.429 e. The molecule has 0 unspecified atom stereocenters. The molecule has 2 N–H and O–H groups in total. The number of benzene rings is 2. The third-order valence-electron chi connectivity index (χ3n) is 10.3. The lowest BCUT2D eigenvalue weighted by molar-refractivity contribution is -0.154. The minimum atomic E-state index is -1.08. The molecule has 2 amide bonds. The molecule has 63 heavy (non-hydrogen) atoms. The molecule has 4 heterocycles. The number of terminal acetylenes is 1. The third-order valence-corrected chi connectivity index (χ3v) is 10.3. The number of amides is 2. The van der Waals surface area contributed by atoms with E-state index in [0.29, 0.717) is 37.7 Å². The van der Waals surface area contributed by atoms with Crippen molar-refractivity contribution in [3.63, 3.8) is 0 Å². The van der Waals surface area contributed by atoms with Crippen LogP contribution in [0.3, 0.4) is 0 Å². The van der Waals surface area contributed by atoms with Crippen molar-refractivity contribution in [1.82, 2.24) is 30.6 Å². The van der Waals surface area contributed by atoms with Crippen molar-refractivity contribution >= 4 is 45.6 Å². The average molecular weight is 876 g/mol. The maximum atomic E-state index is 17.5. The van der Waals surface area contributed by atoms with Gasteiger partial charge in [0.1, 0.15) is 40.2 Å². The zero-order valence-electron chi connectivity index (χ0n) is 36.7. The SMILES string of the molecule is C#Cc1c(F)ccc2cc(OC(=O)NCCCC(=O)OC(C)(C)C)cc(-c3ncc4c(N5CCCCCN5C(=O)OC(C)(C)C)nc(OC[C@@H]5CCCNC[C@H](F)C5)nc4c3F)c12. The number of carbonyl (C=O) groups is 3. The van der Waals surface area contributed by atoms with E-state index in [0.717, 1.165) is 18.9 Å². The van der Waals surface area contributed by atoms with Crippen LogP contribution < -0.4 is 25.1 Å². The standard InChI is InChI=1S/C46H56F3N7O7/c1-8-32-35(48)17-16-29-23-31(61-43(58)51-19-13-15-36(57)62-45(2,3)4)24-33(37(29)32)39-38(49)40-34(26-52-39)41(55-20-10-9-11-21-56(55)44(59)63-46(5,6)7)54-42(53-40)60-27-28-14-12-18-50-25-30(47)22-28/h1,16-17,23-24,26,28,30,50H,9-15,18-22,25,27H2,2-7H3,(H,51,58)/t28-,30-/m1/s1. The highest BCUT2D eigenvalue weighted by Crippen LogP contribution is 2.40. The van der Waals surface area contributed by atoms with E-state index in [9.17, 15) is 18.8 Å². The molecule has 2 atom stereocenters. The molecule has 2 aliphatic rings. The zero-order valence-corrected chi connectivity index (χ0v) is 36.7. The second kappa shape index (κ2) is 20.1. The summed E-state index contributed by atoms with van der Waals surface area (Å²) in [6, 6.07) is 5.16. The van der Waals surface area contributed by atoms with Crippen LogP contribution in [0.4, 0.5) is 28.6 Å². The summed E-state index contributed by atoms with van der Waals surface area (Å²) in [4.78, 5) is 52.7. The number of nitrogens with zero attached hydrogens (tertiary/aromatic N) is 5. The molecule has 17 heteroatoms. The summed E-state index contributed by atoms with van der Waals surface area (Å²) in [6.07, 6.45) is 8.82. The van der Waals surface area contributed by atoms with Gasteiger partial charge in [0.2, 0.25) is 0 Å². The van der Waals surface area contributed by atoms with E-state index in [1.807, 2.05) is 0 Å². The van der Waals surface area contributed by atoms with Crippen molar-refractivity contribution in [2.24, 2.45) is 5.92 Å². The van der Waals surface area contributed by atoms with Crippen LogP contribution in [-0.2, 0) is 14.3 Å². The van der Waals surface area contributed by atoms with Gasteiger partial charge in [-0.3, -0.25) is 14.8 Å². The number of ether oxygens (including phenoxy) is 4. The number of hydrogen-bond donors (Lipinski definition) is 2. The number of hydrazine groups is 1. The lowest BCUT2D eigenvalue weighted by Gasteiger charge is -2.35. The number of carbonyl (C=O) groups excluding carboxylic acids is 3. The number of nitrogens with one attached hydrogen (secondary N) is 2. The fraction of sp³-hybridized carbons (Fsp3) is 0.522. The zero-order chi connectivity index (χ0) is 45.5. The first-order chi connectivity index (χ1) is 29.9. The van der Waals surface area contributed by atoms with Gasteiger partial charge in [0.15, 0.2) is 11.6 Å². The number of alkyl halides is 1. The lowest BCUT2D eigenvalue weighted by Crippen LogP contribution is -2.49. The van der Waals surface area contributed by atoms with E-state index >= 15 is 8.78 Å². The number of hydrogen-bond acceptors (Lipinski definition) is 12. The number of pyridine rings is 1. The van der Waals surface area contributed by atoms with Gasteiger partial charge in [-0.05, 0) is 123 Å². The number of rotatable bonds is 10. The normalized spacial score (nSPS) is 17.6. The highest BCUT2D eigenvalue weighted by Gasteiger charge is 2.32. The summed E-state index contributed by atoms with van der Waals surface area (Å²) >= 11 is 0. The number of fused-ring (bicyclic) bond motifs is 2. The molecule has 2 saturated heterocycles. The Kier molecular flexibility index (Phi) is 14.9. The molecule has 0 bridgehead atoms. The molecule has 2 aromatic heterocycles. The van der Waals surface area contributed by atoms with E-state index in [4.69, 9.17) is 30.4 Å². The summed E-state index contributed by atoms with van der Waals surface area (Å²) in [6.45, 7) is 12.2. The van der Waals surface area contributed by atoms with Gasteiger partial charge in [0, 0.05) is 49.7 Å². The van der Waals surface area contributed by atoms with Crippen LogP contribution in [0.15, 0.2) is 30.5 Å². The molecule has 0 aliphatic carbocycles. The molecule has 6 rings (SSSR count). The van der Waals surface area contributed by atoms with Gasteiger partial charge in [-0.15, -0.1) is 6.42 Å². The largest absolute Gasteiger partial charge is 0.463 e. The predicted octanol–water partition coefficient (Wildman–Crippen LogP) is 8.56. The second-order valence-electron chi connectivity index (χ2n) is 17.8. The number of esters is 1. The Morgan fingerprint density at radius 2 is 1.76 bits per heavy atom. The van der Waals surface area contributed by atoms with Crippen LogP contribution in [0.5, 0.6) is 11.8 Å². The maximum absolute atomic E-state index is 17.5. The molecule has 338 valence electrons. The van der Waals surface area contributed by atoms with Crippen LogP contribution >= 0.6 is 0 Å². The Morgan fingerprint density at radius 1 is 1.00 bits per heavy atom. The van der Waals surface area contributed by atoms with Gasteiger partial charge in [0.25, 0.3) is 0 Å². The average Bonchev–Trinajstić information content (AvgIpc) is 3.45. The van der Waals surface area contributed by atoms with Gasteiger partial charge in [-0.2, -0.15) is 9.97 Å². The van der Waals surface area contributed by atoms with Crippen LogP contribution in [0.2, 0.25) is 0 Å². The minimum Gasteiger partial charge on any atom is -0.463 e. The van der Waals surface area contributed by atoms with Crippen molar-refractivity contribution in [2.45, 2.75) is 110 Å². The van der Waals surface area contributed by atoms with E-state index in [1.165, 1.54) is 29.4 Å². The van der Waals surface area contributed by atoms with Crippen LogP contribution in [0.1, 0.15) is 98.5 Å². The van der Waals surface area contributed by atoms with Crippen LogP contribution in [-0.4, -0.2) is 94.8 Å². The molecular weight excluding hydrogens is 820 g/mol. The summed E-state index contributed by atoms with van der Waals surface area (Å²) in [7, 11) is 0. The Hall–Kier alpha value is -5.89. The van der Waals surface area contributed by atoms with Crippen LogP contribution in [0, 0.1) is 29.9 Å². The lowest BCUT2D eigenvalue weighted by atomic mass is 9.95. The van der Waals surface area contributed by atoms with Crippen molar-refractivity contribution in [1.29, 1.82) is 0 Å². The summed E-state index contributed by atoms with van der Waals surface area (Å²) < 4.78 is 70.5. The first-order valence-corrected chi connectivity index (χ1v) is 21.4. The highest BCUT2D eigenvalue weighted by molar-refractivity contribution is 6.03. The van der Waals surface area contributed by atoms with E-state index in [2.05, 4.69) is 26.5 Å². The molecule has 0 saturated carbocycles. The molecular formula is C46H56F3N7O7. The Bertz CT molecular complexity index is 2360. The quantitative estimate of drug-likeness (QED) is 0.0890. The number of anilines is 1. The van der Waals surface area contributed by atoms with E-state index in [1.54, 1.807) is 46.6 Å². The summed E-state index contributed by atoms with van der Waals surface area (Å²) in [5, 5.41) is 9.33. The molecule has 2 aliphatic heterocycles. The summed E-state index contributed by atoms with van der Waals surface area (Å²) in [5.74, 6) is 0.168. The van der Waals surface area contributed by atoms with Gasteiger partial charge >= 0.3 is 24.2 Å².